The minimum Gasteiger partial charge on any atom is -0.479 e. The third kappa shape index (κ3) is 46.3. The first-order chi connectivity index (χ1) is 39.6. The van der Waals surface area contributed by atoms with Crippen molar-refractivity contribution in [3.05, 3.63) is 72.9 Å². The van der Waals surface area contributed by atoms with Gasteiger partial charge in [0.2, 0.25) is 0 Å². The fraction of sp³-hybridized carbons (Fsp3) is 0.768. The number of rotatable bonds is 56. The van der Waals surface area contributed by atoms with Gasteiger partial charge in [-0.2, -0.15) is 0 Å². The SMILES string of the molecule is CC/C=C\C/C=C\C/C=C\C/C=C\CCC(=O)OC1C(OCC(COC(=O)CCCCCCCCCCC/C=C\C/C=C\CCCCC)OC(=O)CCCCCCCCCCCCCCCCCCCCC)OC(C(=O)O)C(O)C1O. The fourth-order valence-electron chi connectivity index (χ4n) is 9.77. The van der Waals surface area contributed by atoms with Crippen LogP contribution in [0.5, 0.6) is 0 Å². The summed E-state index contributed by atoms with van der Waals surface area (Å²) in [5.41, 5.74) is 0. The second kappa shape index (κ2) is 56.6. The molecule has 12 nitrogen and oxygen atoms in total. The molecule has 0 spiro atoms. The molecule has 0 bridgehead atoms. The van der Waals surface area contributed by atoms with Crippen molar-refractivity contribution in [1.82, 2.24) is 0 Å². The predicted octanol–water partition coefficient (Wildman–Crippen LogP) is 17.7. The van der Waals surface area contributed by atoms with Crippen molar-refractivity contribution in [2.24, 2.45) is 0 Å². The molecule has 6 atom stereocenters. The average Bonchev–Trinajstić information content (AvgIpc) is 3.54. The van der Waals surface area contributed by atoms with Gasteiger partial charge in [0.25, 0.3) is 0 Å². The quantitative estimate of drug-likeness (QED) is 0.0228. The smallest absolute Gasteiger partial charge is 0.335 e. The summed E-state index contributed by atoms with van der Waals surface area (Å²) < 4.78 is 28.4. The van der Waals surface area contributed by atoms with Crippen LogP contribution in [0.4, 0.5) is 0 Å². The number of aliphatic carboxylic acids is 1. The van der Waals surface area contributed by atoms with Crippen LogP contribution in [0, 0.1) is 0 Å². The van der Waals surface area contributed by atoms with Crippen LogP contribution in [-0.4, -0.2) is 89.2 Å². The number of aliphatic hydroxyl groups excluding tert-OH is 2. The van der Waals surface area contributed by atoms with Crippen LogP contribution in [0.25, 0.3) is 0 Å². The van der Waals surface area contributed by atoms with Gasteiger partial charge in [-0.3, -0.25) is 14.4 Å². The molecular weight excluding hydrogens is 1020 g/mol. The number of carboxylic acid groups (broad SMARTS) is 1. The van der Waals surface area contributed by atoms with E-state index in [1.807, 2.05) is 18.2 Å². The summed E-state index contributed by atoms with van der Waals surface area (Å²) in [6, 6.07) is 0. The lowest BCUT2D eigenvalue weighted by Crippen LogP contribution is -2.61. The van der Waals surface area contributed by atoms with Gasteiger partial charge in [0, 0.05) is 19.3 Å². The fourth-order valence-corrected chi connectivity index (χ4v) is 9.77. The zero-order chi connectivity index (χ0) is 58.9. The first-order valence-electron chi connectivity index (χ1n) is 32.9. The normalized spacial score (nSPS) is 18.2. The van der Waals surface area contributed by atoms with E-state index in [4.69, 9.17) is 23.7 Å². The lowest BCUT2D eigenvalue weighted by Gasteiger charge is -2.40. The third-order valence-corrected chi connectivity index (χ3v) is 14.8. The van der Waals surface area contributed by atoms with Crippen LogP contribution in [0.1, 0.15) is 290 Å². The summed E-state index contributed by atoms with van der Waals surface area (Å²) in [4.78, 5) is 51.3. The molecular formula is C69H118O12. The molecule has 1 rings (SSSR count). The first kappa shape index (κ1) is 75.2. The highest BCUT2D eigenvalue weighted by Crippen LogP contribution is 2.26. The molecule has 0 aliphatic carbocycles. The molecule has 3 N–H and O–H groups in total. The van der Waals surface area contributed by atoms with Crippen LogP contribution < -0.4 is 0 Å². The van der Waals surface area contributed by atoms with Crippen LogP contribution >= 0.6 is 0 Å². The third-order valence-electron chi connectivity index (χ3n) is 14.8. The highest BCUT2D eigenvalue weighted by Gasteiger charge is 2.50. The zero-order valence-electron chi connectivity index (χ0n) is 51.5. The number of hydrogen-bond acceptors (Lipinski definition) is 11. The van der Waals surface area contributed by atoms with Crippen molar-refractivity contribution in [1.29, 1.82) is 0 Å². The Bertz CT molecular complexity index is 1680. The second-order valence-electron chi connectivity index (χ2n) is 22.4. The Hall–Kier alpha value is -3.84. The average molecular weight is 1140 g/mol. The van der Waals surface area contributed by atoms with Crippen molar-refractivity contribution >= 4 is 23.9 Å². The molecule has 1 aliphatic rings. The number of aliphatic hydroxyl groups is 2. The number of carboxylic acids is 1. The van der Waals surface area contributed by atoms with E-state index in [2.05, 4.69) is 75.5 Å². The van der Waals surface area contributed by atoms with Crippen LogP contribution in [-0.2, 0) is 42.9 Å². The molecule has 0 aromatic heterocycles. The Labute approximate surface area is 493 Å². The topological polar surface area (TPSA) is 175 Å². The van der Waals surface area contributed by atoms with E-state index in [-0.39, 0.29) is 25.9 Å². The van der Waals surface area contributed by atoms with Gasteiger partial charge in [-0.05, 0) is 77.0 Å². The highest BCUT2D eigenvalue weighted by atomic mass is 16.7. The molecule has 0 aromatic rings. The summed E-state index contributed by atoms with van der Waals surface area (Å²) in [5, 5.41) is 31.5. The number of unbranched alkanes of at least 4 members (excludes halogenated alkanes) is 30. The van der Waals surface area contributed by atoms with E-state index in [0.29, 0.717) is 25.7 Å². The van der Waals surface area contributed by atoms with Gasteiger partial charge in [-0.25, -0.2) is 4.79 Å². The molecule has 0 aromatic carbocycles. The van der Waals surface area contributed by atoms with Crippen molar-refractivity contribution in [2.75, 3.05) is 13.2 Å². The molecule has 1 saturated heterocycles. The molecule has 6 unspecified atom stereocenters. The zero-order valence-corrected chi connectivity index (χ0v) is 51.5. The minimum absolute atomic E-state index is 0.0610. The van der Waals surface area contributed by atoms with Gasteiger partial charge < -0.3 is 39.0 Å². The maximum Gasteiger partial charge on any atom is 0.335 e. The largest absolute Gasteiger partial charge is 0.479 e. The van der Waals surface area contributed by atoms with Crippen LogP contribution in [0.15, 0.2) is 72.9 Å². The Morgan fingerprint density at radius 1 is 0.420 bits per heavy atom. The number of hydrogen-bond donors (Lipinski definition) is 3. The monoisotopic (exact) mass is 1140 g/mol. The van der Waals surface area contributed by atoms with E-state index in [1.165, 1.54) is 154 Å². The molecule has 0 amide bonds. The van der Waals surface area contributed by atoms with Gasteiger partial charge in [-0.15, -0.1) is 0 Å². The number of allylic oxidation sites excluding steroid dienone is 12. The van der Waals surface area contributed by atoms with Crippen molar-refractivity contribution in [2.45, 2.75) is 327 Å². The van der Waals surface area contributed by atoms with Crippen molar-refractivity contribution < 1.29 is 58.2 Å². The second-order valence-corrected chi connectivity index (χ2v) is 22.4. The minimum atomic E-state index is -1.93. The summed E-state index contributed by atoms with van der Waals surface area (Å²) in [7, 11) is 0. The summed E-state index contributed by atoms with van der Waals surface area (Å²) in [6.45, 7) is 5.85. The molecule has 1 heterocycles. The van der Waals surface area contributed by atoms with Crippen molar-refractivity contribution in [3.63, 3.8) is 0 Å². The lowest BCUT2D eigenvalue weighted by atomic mass is 9.98. The number of esters is 3. The Balaban J connectivity index is 2.66. The van der Waals surface area contributed by atoms with Gasteiger partial charge in [0.15, 0.2) is 24.6 Å². The van der Waals surface area contributed by atoms with E-state index >= 15 is 0 Å². The molecule has 81 heavy (non-hydrogen) atoms. The predicted molar refractivity (Wildman–Crippen MR) is 331 cm³/mol. The van der Waals surface area contributed by atoms with E-state index in [1.54, 1.807) is 0 Å². The molecule has 466 valence electrons. The molecule has 12 heteroatoms. The van der Waals surface area contributed by atoms with E-state index < -0.39 is 67.3 Å². The first-order valence-corrected chi connectivity index (χ1v) is 32.9. The summed E-state index contributed by atoms with van der Waals surface area (Å²) in [6.07, 6.45) is 60.3. The molecule has 0 saturated carbocycles. The molecule has 0 radical (unpaired) electrons. The molecule has 1 fully saturated rings. The van der Waals surface area contributed by atoms with Crippen LogP contribution in [0.2, 0.25) is 0 Å². The Morgan fingerprint density at radius 3 is 1.26 bits per heavy atom. The van der Waals surface area contributed by atoms with Gasteiger partial charge in [-0.1, -0.05) is 267 Å². The number of carbonyl (C=O) groups excluding carboxylic acids is 3. The maximum atomic E-state index is 13.2. The van der Waals surface area contributed by atoms with E-state index in [9.17, 15) is 34.5 Å². The van der Waals surface area contributed by atoms with Crippen molar-refractivity contribution in [3.8, 4) is 0 Å². The summed E-state index contributed by atoms with van der Waals surface area (Å²) in [5.74, 6) is -3.21. The Morgan fingerprint density at radius 2 is 0.802 bits per heavy atom. The molecule has 1 aliphatic heterocycles. The summed E-state index contributed by atoms with van der Waals surface area (Å²) >= 11 is 0. The number of carbonyl (C=O) groups is 4. The Kier molecular flexibility index (Phi) is 52.6. The van der Waals surface area contributed by atoms with Gasteiger partial charge in [0.1, 0.15) is 18.8 Å². The number of ether oxygens (including phenoxy) is 5. The highest BCUT2D eigenvalue weighted by molar-refractivity contribution is 5.74. The standard InChI is InChI=1S/C69H118O12/c1-4-7-10-13-16-19-22-25-27-29-31-33-35-38-40-43-46-49-52-55-61(70)77-58-60(79-62(71)56-53-50-47-44-42-39-36-34-32-30-28-26-23-20-17-14-11-8-5-2)59-78-69-67(65(74)64(73)66(81-69)68(75)76)80-63(72)57-54-51-48-45-41-37-24-21-18-15-12-9-6-3/h9,12,16,18-19,21,25,27,37,41,48,51,60,64-67,69,73-74H,4-8,10-11,13-15,17,20,22-24,26,28-36,38-40,42-47,49-50,52-59H2,1-3H3,(H,75,76)/b12-9-,19-16-,21-18-,27-25-,41-37-,51-48-. The van der Waals surface area contributed by atoms with Gasteiger partial charge >= 0.3 is 23.9 Å². The van der Waals surface area contributed by atoms with Gasteiger partial charge in [0.05, 0.1) is 6.61 Å². The maximum absolute atomic E-state index is 13.2. The van der Waals surface area contributed by atoms with Crippen LogP contribution in [0.3, 0.4) is 0 Å². The van der Waals surface area contributed by atoms with E-state index in [0.717, 1.165) is 70.6 Å². The lowest BCUT2D eigenvalue weighted by molar-refractivity contribution is -0.301.